The van der Waals surface area contributed by atoms with Crippen LogP contribution in [0.5, 0.6) is 0 Å². The molecule has 8 nitrogen and oxygen atoms in total. The van der Waals surface area contributed by atoms with Gasteiger partial charge in [0.15, 0.2) is 0 Å². The molecule has 1 aromatic carbocycles. The molecule has 0 atom stereocenters. The van der Waals surface area contributed by atoms with Gasteiger partial charge in [0.1, 0.15) is 5.69 Å². The van der Waals surface area contributed by atoms with Gasteiger partial charge in [-0.15, -0.1) is 0 Å². The first-order valence-electron chi connectivity index (χ1n) is 5.94. The lowest BCUT2D eigenvalue weighted by atomic mass is 10.1. The monoisotopic (exact) mass is 266 g/mol. The summed E-state index contributed by atoms with van der Waals surface area (Å²) >= 11 is 0. The molecule has 0 bridgehead atoms. The predicted molar refractivity (Wildman–Crippen MR) is 69.4 cm³/mol. The summed E-state index contributed by atoms with van der Waals surface area (Å²) in [7, 11) is 0. The van der Waals surface area contributed by atoms with Gasteiger partial charge in [0.2, 0.25) is 0 Å². The number of nitrogens with one attached hydrogen (secondary N) is 1. The number of nitro groups is 2. The molecule has 0 saturated carbocycles. The Hall–Kier alpha value is -2.22. The molecule has 8 heteroatoms. The zero-order valence-electron chi connectivity index (χ0n) is 10.4. The molecular formula is C11H14N4O4. The number of benzene rings is 1. The van der Waals surface area contributed by atoms with Gasteiger partial charge in [-0.3, -0.25) is 20.2 Å². The van der Waals surface area contributed by atoms with Crippen LogP contribution in [0.4, 0.5) is 17.1 Å². The zero-order valence-corrected chi connectivity index (χ0v) is 10.4. The summed E-state index contributed by atoms with van der Waals surface area (Å²) in [5.74, 6) is 0. The van der Waals surface area contributed by atoms with Crippen molar-refractivity contribution in [3.05, 3.63) is 38.4 Å². The largest absolute Gasteiger partial charge is 0.361 e. The minimum Gasteiger partial charge on any atom is -0.361 e. The average molecular weight is 266 g/mol. The Balaban J connectivity index is 2.42. The number of nitrogens with zero attached hydrogens (tertiary/aromatic N) is 3. The lowest BCUT2D eigenvalue weighted by Gasteiger charge is -2.38. The SMILES string of the molecule is CCN(c1ccc([N+](=O)[O-])cc1[N+](=O)[O-])C1CNC1. The second-order valence-corrected chi connectivity index (χ2v) is 4.29. The van der Waals surface area contributed by atoms with E-state index in [0.29, 0.717) is 12.2 Å². The fourth-order valence-corrected chi connectivity index (χ4v) is 2.13. The van der Waals surface area contributed by atoms with Crippen LogP contribution in [-0.4, -0.2) is 35.5 Å². The lowest BCUT2D eigenvalue weighted by Crippen LogP contribution is -2.57. The van der Waals surface area contributed by atoms with E-state index in [1.54, 1.807) is 0 Å². The van der Waals surface area contributed by atoms with Crippen molar-refractivity contribution in [3.8, 4) is 0 Å². The van der Waals surface area contributed by atoms with Crippen LogP contribution in [0.1, 0.15) is 6.92 Å². The third kappa shape index (κ3) is 2.48. The number of non-ortho nitro benzene ring substituents is 1. The Kier molecular flexibility index (Phi) is 3.61. The van der Waals surface area contributed by atoms with Crippen LogP contribution >= 0.6 is 0 Å². The molecule has 2 rings (SSSR count). The van der Waals surface area contributed by atoms with Crippen molar-refractivity contribution < 1.29 is 9.85 Å². The lowest BCUT2D eigenvalue weighted by molar-refractivity contribution is -0.393. The highest BCUT2D eigenvalue weighted by Gasteiger charge is 2.29. The molecule has 1 fully saturated rings. The fraction of sp³-hybridized carbons (Fsp3) is 0.455. The first-order chi connectivity index (χ1) is 9.04. The van der Waals surface area contributed by atoms with Gasteiger partial charge in [-0.05, 0) is 13.0 Å². The summed E-state index contributed by atoms with van der Waals surface area (Å²) in [6.45, 7) is 4.05. The molecule has 0 aliphatic carbocycles. The molecule has 1 aromatic rings. The quantitative estimate of drug-likeness (QED) is 0.636. The first-order valence-corrected chi connectivity index (χ1v) is 5.94. The number of hydrogen-bond acceptors (Lipinski definition) is 6. The zero-order chi connectivity index (χ0) is 14.0. The van der Waals surface area contributed by atoms with Gasteiger partial charge in [0.05, 0.1) is 22.0 Å². The van der Waals surface area contributed by atoms with Crippen LogP contribution < -0.4 is 10.2 Å². The normalized spacial score (nSPS) is 14.8. The standard InChI is InChI=1S/C11H14N4O4/c1-2-13(9-6-12-7-9)10-4-3-8(14(16)17)5-11(10)15(18)19/h3-5,9,12H,2,6-7H2,1H3. The fourth-order valence-electron chi connectivity index (χ4n) is 2.13. The molecule has 1 aliphatic heterocycles. The molecule has 19 heavy (non-hydrogen) atoms. The van der Waals surface area contributed by atoms with E-state index in [1.807, 2.05) is 11.8 Å². The Morgan fingerprint density at radius 3 is 2.42 bits per heavy atom. The summed E-state index contributed by atoms with van der Waals surface area (Å²) in [6, 6.07) is 3.98. The summed E-state index contributed by atoms with van der Waals surface area (Å²) in [5.41, 5.74) is -0.0502. The molecule has 1 saturated heterocycles. The summed E-state index contributed by atoms with van der Waals surface area (Å²) < 4.78 is 0. The summed E-state index contributed by atoms with van der Waals surface area (Å²) in [5, 5.41) is 24.9. The van der Waals surface area contributed by atoms with Crippen molar-refractivity contribution in [1.29, 1.82) is 0 Å². The molecule has 102 valence electrons. The Bertz CT molecular complexity index is 515. The van der Waals surface area contributed by atoms with Crippen molar-refractivity contribution in [3.63, 3.8) is 0 Å². The molecular weight excluding hydrogens is 252 g/mol. The van der Waals surface area contributed by atoms with Crippen molar-refractivity contribution >= 4 is 17.1 Å². The van der Waals surface area contributed by atoms with Crippen LogP contribution in [0.3, 0.4) is 0 Å². The number of rotatable bonds is 5. The van der Waals surface area contributed by atoms with Gasteiger partial charge in [0, 0.05) is 25.7 Å². The van der Waals surface area contributed by atoms with Crippen LogP contribution in [0.15, 0.2) is 18.2 Å². The van der Waals surface area contributed by atoms with E-state index in [9.17, 15) is 20.2 Å². The van der Waals surface area contributed by atoms with Crippen LogP contribution in [0.25, 0.3) is 0 Å². The maximum Gasteiger partial charge on any atom is 0.299 e. The van der Waals surface area contributed by atoms with Crippen LogP contribution in [0, 0.1) is 20.2 Å². The Morgan fingerprint density at radius 1 is 1.32 bits per heavy atom. The molecule has 1 N–H and O–H groups in total. The van der Waals surface area contributed by atoms with Crippen molar-refractivity contribution in [1.82, 2.24) is 5.32 Å². The number of hydrogen-bond donors (Lipinski definition) is 1. The van der Waals surface area contributed by atoms with Gasteiger partial charge < -0.3 is 10.2 Å². The third-order valence-electron chi connectivity index (χ3n) is 3.22. The van der Waals surface area contributed by atoms with Gasteiger partial charge in [0.25, 0.3) is 11.4 Å². The molecule has 0 aromatic heterocycles. The van der Waals surface area contributed by atoms with E-state index in [2.05, 4.69) is 5.32 Å². The van der Waals surface area contributed by atoms with Gasteiger partial charge >= 0.3 is 0 Å². The van der Waals surface area contributed by atoms with Crippen molar-refractivity contribution in [2.24, 2.45) is 0 Å². The van der Waals surface area contributed by atoms with Gasteiger partial charge in [-0.2, -0.15) is 0 Å². The maximum atomic E-state index is 11.1. The maximum absolute atomic E-state index is 11.1. The minimum absolute atomic E-state index is 0.199. The first kappa shape index (κ1) is 13.2. The van der Waals surface area contributed by atoms with Crippen LogP contribution in [0.2, 0.25) is 0 Å². The summed E-state index contributed by atoms with van der Waals surface area (Å²) in [4.78, 5) is 22.5. The molecule has 1 aliphatic rings. The van der Waals surface area contributed by atoms with Crippen molar-refractivity contribution in [2.75, 3.05) is 24.5 Å². The Labute approximate surface area is 109 Å². The highest BCUT2D eigenvalue weighted by molar-refractivity contribution is 5.67. The predicted octanol–water partition coefficient (Wildman–Crippen LogP) is 1.30. The van der Waals surface area contributed by atoms with E-state index < -0.39 is 9.85 Å². The van der Waals surface area contributed by atoms with Crippen LogP contribution in [-0.2, 0) is 0 Å². The second-order valence-electron chi connectivity index (χ2n) is 4.29. The molecule has 0 spiro atoms. The van der Waals surface area contributed by atoms with Crippen molar-refractivity contribution in [2.45, 2.75) is 13.0 Å². The van der Waals surface area contributed by atoms with E-state index in [-0.39, 0.29) is 17.4 Å². The van der Waals surface area contributed by atoms with E-state index >= 15 is 0 Å². The number of nitro benzene ring substituents is 2. The second kappa shape index (κ2) is 5.19. The molecule has 0 unspecified atom stereocenters. The third-order valence-corrected chi connectivity index (χ3v) is 3.22. The van der Waals surface area contributed by atoms with Gasteiger partial charge in [-0.1, -0.05) is 0 Å². The number of likely N-dealkylation sites (N-methyl/N-ethyl adjacent to an activating group) is 1. The number of anilines is 1. The summed E-state index contributed by atoms with van der Waals surface area (Å²) in [6.07, 6.45) is 0. The smallest absolute Gasteiger partial charge is 0.299 e. The van der Waals surface area contributed by atoms with E-state index in [4.69, 9.17) is 0 Å². The Morgan fingerprint density at radius 2 is 2.00 bits per heavy atom. The topological polar surface area (TPSA) is 102 Å². The highest BCUT2D eigenvalue weighted by Crippen LogP contribution is 2.33. The van der Waals surface area contributed by atoms with E-state index in [0.717, 1.165) is 19.2 Å². The highest BCUT2D eigenvalue weighted by atomic mass is 16.6. The molecule has 0 amide bonds. The molecule has 0 radical (unpaired) electrons. The average Bonchev–Trinajstić information content (AvgIpc) is 2.32. The molecule has 1 heterocycles. The van der Waals surface area contributed by atoms with E-state index in [1.165, 1.54) is 12.1 Å². The van der Waals surface area contributed by atoms with Gasteiger partial charge in [-0.25, -0.2) is 0 Å². The minimum atomic E-state index is -0.627.